The minimum Gasteiger partial charge on any atom is -0.310 e. The molecular weight excluding hydrogens is 302 g/mol. The van der Waals surface area contributed by atoms with Gasteiger partial charge < -0.3 is 4.57 Å². The maximum absolute atomic E-state index is 2.52. The Kier molecular flexibility index (Phi) is 3.47. The molecule has 1 nitrogen and oxygen atoms in total. The molecule has 1 aliphatic carbocycles. The van der Waals surface area contributed by atoms with E-state index >= 15 is 0 Å². The molecule has 0 bridgehead atoms. The molecule has 0 saturated carbocycles. The molecule has 0 N–H and O–H groups in total. The number of rotatable bonds is 1. The third-order valence-corrected chi connectivity index (χ3v) is 6.14. The van der Waals surface area contributed by atoms with Crippen LogP contribution in [0, 0.1) is 17.8 Å². The standard InChI is InChI=1S/C24H27N/c1-17-10-12-18(13-11-17)25-21-9-7-6-8-19(21)20-16-24(5,23(2,3)4)15-14-22(20)25/h6-14,16H,15H2,1-5H3. The van der Waals surface area contributed by atoms with Crippen LogP contribution >= 0.6 is 0 Å². The molecule has 128 valence electrons. The first kappa shape index (κ1) is 16.2. The molecule has 0 fully saturated rings. The molecule has 25 heavy (non-hydrogen) atoms. The van der Waals surface area contributed by atoms with Crippen molar-refractivity contribution in [2.45, 2.75) is 41.0 Å². The van der Waals surface area contributed by atoms with Crippen LogP contribution < -0.4 is 10.6 Å². The van der Waals surface area contributed by atoms with Gasteiger partial charge in [0.2, 0.25) is 0 Å². The van der Waals surface area contributed by atoms with E-state index in [4.69, 9.17) is 0 Å². The van der Waals surface area contributed by atoms with E-state index in [2.05, 4.69) is 99.9 Å². The average molecular weight is 329 g/mol. The lowest BCUT2D eigenvalue weighted by Crippen LogP contribution is -2.40. The van der Waals surface area contributed by atoms with E-state index in [0.29, 0.717) is 0 Å². The fraction of sp³-hybridized carbons (Fsp3) is 0.333. The number of benzene rings is 2. The minimum absolute atomic E-state index is 0.169. The van der Waals surface area contributed by atoms with E-state index in [-0.39, 0.29) is 10.8 Å². The van der Waals surface area contributed by atoms with Crippen molar-refractivity contribution in [3.05, 3.63) is 64.7 Å². The zero-order valence-electron chi connectivity index (χ0n) is 15.9. The molecule has 0 radical (unpaired) electrons. The van der Waals surface area contributed by atoms with Crippen molar-refractivity contribution in [3.63, 3.8) is 0 Å². The van der Waals surface area contributed by atoms with Crippen molar-refractivity contribution in [1.29, 1.82) is 0 Å². The van der Waals surface area contributed by atoms with Gasteiger partial charge >= 0.3 is 0 Å². The summed E-state index contributed by atoms with van der Waals surface area (Å²) in [6, 6.07) is 17.6. The summed E-state index contributed by atoms with van der Waals surface area (Å²) in [7, 11) is 0. The smallest absolute Gasteiger partial charge is 0.0540 e. The average Bonchev–Trinajstić information content (AvgIpc) is 2.88. The third kappa shape index (κ3) is 2.45. The zero-order valence-corrected chi connectivity index (χ0v) is 15.9. The second kappa shape index (κ2) is 5.36. The monoisotopic (exact) mass is 329 g/mol. The number of hydrogen-bond acceptors (Lipinski definition) is 0. The van der Waals surface area contributed by atoms with Gasteiger partial charge in [-0.2, -0.15) is 0 Å². The predicted molar refractivity (Wildman–Crippen MR) is 108 cm³/mol. The van der Waals surface area contributed by atoms with E-state index in [1.165, 1.54) is 32.7 Å². The Hall–Kier alpha value is -2.28. The molecule has 4 rings (SSSR count). The SMILES string of the molecule is Cc1ccc(-n2c3c(c4ccccc42)=CC(C)(C(C)(C)C)CC=3)cc1. The molecule has 3 aromatic rings. The summed E-state index contributed by atoms with van der Waals surface area (Å²) in [4.78, 5) is 0. The van der Waals surface area contributed by atoms with Crippen LogP contribution in [0.1, 0.15) is 39.7 Å². The van der Waals surface area contributed by atoms with Crippen LogP contribution in [0.2, 0.25) is 0 Å². The molecule has 1 unspecified atom stereocenters. The first-order valence-electron chi connectivity index (χ1n) is 9.20. The first-order chi connectivity index (χ1) is 11.8. The zero-order chi connectivity index (χ0) is 17.8. The van der Waals surface area contributed by atoms with Gasteiger partial charge in [0.05, 0.1) is 5.52 Å². The fourth-order valence-corrected chi connectivity index (χ4v) is 3.82. The van der Waals surface area contributed by atoms with Gasteiger partial charge in [-0.15, -0.1) is 0 Å². The number of nitrogens with zero attached hydrogens (tertiary/aromatic N) is 1. The van der Waals surface area contributed by atoms with E-state index in [0.717, 1.165) is 6.42 Å². The maximum Gasteiger partial charge on any atom is 0.0540 e. The summed E-state index contributed by atoms with van der Waals surface area (Å²) in [5, 5.41) is 4.08. The Labute approximate surface area is 150 Å². The van der Waals surface area contributed by atoms with Crippen LogP contribution in [0.5, 0.6) is 0 Å². The summed E-state index contributed by atoms with van der Waals surface area (Å²) < 4.78 is 2.42. The van der Waals surface area contributed by atoms with Crippen LogP contribution in [0.4, 0.5) is 0 Å². The summed E-state index contributed by atoms with van der Waals surface area (Å²) >= 11 is 0. The lowest BCUT2D eigenvalue weighted by Gasteiger charge is -2.40. The largest absolute Gasteiger partial charge is 0.310 e. The van der Waals surface area contributed by atoms with Gasteiger partial charge in [0, 0.05) is 21.6 Å². The number of hydrogen-bond donors (Lipinski definition) is 0. The molecule has 1 heteroatoms. The molecule has 1 aliphatic rings. The van der Waals surface area contributed by atoms with Crippen molar-refractivity contribution in [2.75, 3.05) is 0 Å². The van der Waals surface area contributed by atoms with Crippen molar-refractivity contribution < 1.29 is 0 Å². The fourth-order valence-electron chi connectivity index (χ4n) is 3.82. The molecule has 1 atom stereocenters. The van der Waals surface area contributed by atoms with Crippen molar-refractivity contribution in [3.8, 4) is 5.69 Å². The summed E-state index contributed by atoms with van der Waals surface area (Å²) in [6.07, 6.45) is 6.04. The lowest BCUT2D eigenvalue weighted by atomic mass is 9.64. The van der Waals surface area contributed by atoms with Crippen LogP contribution in [0.3, 0.4) is 0 Å². The highest BCUT2D eigenvalue weighted by Gasteiger charge is 2.36. The van der Waals surface area contributed by atoms with Crippen LogP contribution in [0.15, 0.2) is 48.5 Å². The molecule has 2 aromatic carbocycles. The summed E-state index contributed by atoms with van der Waals surface area (Å²) in [5.74, 6) is 0. The van der Waals surface area contributed by atoms with Gasteiger partial charge in [-0.05, 0) is 42.4 Å². The molecule has 1 heterocycles. The Balaban J connectivity index is 2.10. The van der Waals surface area contributed by atoms with Gasteiger partial charge in [-0.25, -0.2) is 0 Å². The molecule has 1 aromatic heterocycles. The molecule has 0 saturated heterocycles. The number of aryl methyl sites for hydroxylation is 1. The van der Waals surface area contributed by atoms with E-state index in [9.17, 15) is 0 Å². The Morgan fingerprint density at radius 3 is 2.32 bits per heavy atom. The Bertz CT molecular complexity index is 1060. The lowest BCUT2D eigenvalue weighted by molar-refractivity contribution is 0.194. The topological polar surface area (TPSA) is 4.93 Å². The second-order valence-electron chi connectivity index (χ2n) is 8.71. The minimum atomic E-state index is 0.169. The van der Waals surface area contributed by atoms with Crippen LogP contribution in [0.25, 0.3) is 28.7 Å². The number of para-hydroxylation sites is 1. The normalized spacial score (nSPS) is 20.0. The van der Waals surface area contributed by atoms with Crippen molar-refractivity contribution in [2.24, 2.45) is 10.8 Å². The molecule has 0 amide bonds. The van der Waals surface area contributed by atoms with Crippen molar-refractivity contribution in [1.82, 2.24) is 4.57 Å². The van der Waals surface area contributed by atoms with E-state index in [1.807, 2.05) is 0 Å². The third-order valence-electron chi connectivity index (χ3n) is 6.14. The van der Waals surface area contributed by atoms with E-state index < -0.39 is 0 Å². The van der Waals surface area contributed by atoms with Gasteiger partial charge in [-0.1, -0.05) is 75.7 Å². The summed E-state index contributed by atoms with van der Waals surface area (Å²) in [5.41, 5.74) is 4.23. The van der Waals surface area contributed by atoms with Crippen LogP contribution in [-0.4, -0.2) is 4.57 Å². The van der Waals surface area contributed by atoms with Crippen LogP contribution in [-0.2, 0) is 0 Å². The maximum atomic E-state index is 2.52. The highest BCUT2D eigenvalue weighted by Crippen LogP contribution is 2.44. The molecule has 0 spiro atoms. The molecular formula is C24H27N. The summed E-state index contributed by atoms with van der Waals surface area (Å²) in [6.45, 7) is 11.6. The van der Waals surface area contributed by atoms with Gasteiger partial charge in [0.25, 0.3) is 0 Å². The number of fused-ring (bicyclic) bond motifs is 3. The first-order valence-corrected chi connectivity index (χ1v) is 9.20. The van der Waals surface area contributed by atoms with Crippen molar-refractivity contribution >= 4 is 23.1 Å². The van der Waals surface area contributed by atoms with Gasteiger partial charge in [0.15, 0.2) is 0 Å². The quantitative estimate of drug-likeness (QED) is 0.595. The highest BCUT2D eigenvalue weighted by atomic mass is 15.0. The molecule has 0 aliphatic heterocycles. The Morgan fingerprint density at radius 1 is 0.960 bits per heavy atom. The number of aromatic nitrogens is 1. The predicted octanol–water partition coefficient (Wildman–Crippen LogP) is 4.96. The highest BCUT2D eigenvalue weighted by molar-refractivity contribution is 5.84. The second-order valence-corrected chi connectivity index (χ2v) is 8.71. The Morgan fingerprint density at radius 2 is 1.64 bits per heavy atom. The van der Waals surface area contributed by atoms with Gasteiger partial charge in [0.1, 0.15) is 0 Å². The van der Waals surface area contributed by atoms with E-state index in [1.54, 1.807) is 0 Å². The van der Waals surface area contributed by atoms with Gasteiger partial charge in [-0.3, -0.25) is 0 Å².